The third-order valence-corrected chi connectivity index (χ3v) is 5.80. The Morgan fingerprint density at radius 1 is 1.24 bits per heavy atom. The van der Waals surface area contributed by atoms with Crippen LogP contribution in [0.5, 0.6) is 5.75 Å². The number of amides is 1. The summed E-state index contributed by atoms with van der Waals surface area (Å²) in [5.74, 6) is 0.137. The average Bonchev–Trinajstić information content (AvgIpc) is 3.17. The van der Waals surface area contributed by atoms with E-state index in [1.54, 1.807) is 38.1 Å². The Bertz CT molecular complexity index is 1180. The first-order valence-corrected chi connectivity index (χ1v) is 11.7. The molecule has 0 aliphatic heterocycles. The van der Waals surface area contributed by atoms with Crippen molar-refractivity contribution in [1.82, 2.24) is 14.8 Å². The molecule has 0 radical (unpaired) electrons. The molecule has 1 atom stereocenters. The van der Waals surface area contributed by atoms with Gasteiger partial charge in [-0.3, -0.25) is 14.9 Å². The monoisotopic (exact) mass is 487 g/mol. The number of nitrogens with one attached hydrogen (secondary N) is 1. The molecule has 0 fully saturated rings. The van der Waals surface area contributed by atoms with Gasteiger partial charge in [0.05, 0.1) is 16.4 Å². The highest BCUT2D eigenvalue weighted by atomic mass is 32.2. The third kappa shape index (κ3) is 6.31. The van der Waals surface area contributed by atoms with Gasteiger partial charge in [-0.25, -0.2) is 4.39 Å². The van der Waals surface area contributed by atoms with Crippen LogP contribution in [0.25, 0.3) is 0 Å². The molecule has 1 heterocycles. The van der Waals surface area contributed by atoms with Crippen LogP contribution in [0.1, 0.15) is 38.3 Å². The minimum absolute atomic E-state index is 0.0287. The summed E-state index contributed by atoms with van der Waals surface area (Å²) >= 11 is 1.19. The fraction of sp³-hybridized carbons (Fsp3) is 0.348. The highest BCUT2D eigenvalue weighted by Gasteiger charge is 2.22. The van der Waals surface area contributed by atoms with Gasteiger partial charge in [0, 0.05) is 18.7 Å². The number of aromatic nitrogens is 3. The van der Waals surface area contributed by atoms with Crippen molar-refractivity contribution in [2.24, 2.45) is 5.92 Å². The van der Waals surface area contributed by atoms with Gasteiger partial charge in [-0.15, -0.1) is 10.2 Å². The van der Waals surface area contributed by atoms with E-state index in [9.17, 15) is 19.3 Å². The van der Waals surface area contributed by atoms with Crippen LogP contribution in [0.4, 0.5) is 15.8 Å². The lowest BCUT2D eigenvalue weighted by Gasteiger charge is -2.18. The number of benzene rings is 2. The van der Waals surface area contributed by atoms with E-state index in [2.05, 4.69) is 15.5 Å². The van der Waals surface area contributed by atoms with Crippen molar-refractivity contribution in [3.8, 4) is 5.75 Å². The highest BCUT2D eigenvalue weighted by molar-refractivity contribution is 7.99. The van der Waals surface area contributed by atoms with E-state index >= 15 is 0 Å². The number of nitro benzene ring substituents is 1. The van der Waals surface area contributed by atoms with Gasteiger partial charge in [0.25, 0.3) is 5.69 Å². The first-order valence-electron chi connectivity index (χ1n) is 10.7. The summed E-state index contributed by atoms with van der Waals surface area (Å²) in [5, 5.41) is 22.7. The number of nitrogens with zero attached hydrogens (tertiary/aromatic N) is 4. The van der Waals surface area contributed by atoms with Crippen molar-refractivity contribution in [1.29, 1.82) is 0 Å². The molecule has 34 heavy (non-hydrogen) atoms. The van der Waals surface area contributed by atoms with Gasteiger partial charge in [0.2, 0.25) is 5.91 Å². The maximum absolute atomic E-state index is 14.0. The molecule has 11 heteroatoms. The third-order valence-electron chi connectivity index (χ3n) is 4.84. The second-order valence-corrected chi connectivity index (χ2v) is 9.07. The van der Waals surface area contributed by atoms with Gasteiger partial charge in [-0.05, 0) is 37.5 Å². The number of ether oxygens (including phenoxy) is 1. The summed E-state index contributed by atoms with van der Waals surface area (Å²) < 4.78 is 21.7. The lowest BCUT2D eigenvalue weighted by molar-refractivity contribution is -0.384. The van der Waals surface area contributed by atoms with E-state index in [1.807, 2.05) is 18.4 Å². The highest BCUT2D eigenvalue weighted by Crippen LogP contribution is 2.27. The van der Waals surface area contributed by atoms with E-state index in [4.69, 9.17) is 4.74 Å². The summed E-state index contributed by atoms with van der Waals surface area (Å²) in [7, 11) is 0. The van der Waals surface area contributed by atoms with Crippen molar-refractivity contribution in [3.05, 3.63) is 69.8 Å². The van der Waals surface area contributed by atoms with Crippen molar-refractivity contribution < 1.29 is 18.8 Å². The molecular formula is C23H26FN5O4S. The zero-order valence-corrected chi connectivity index (χ0v) is 20.1. The number of para-hydroxylation sites is 1. The Balaban J connectivity index is 1.73. The number of nitro groups is 1. The molecule has 1 unspecified atom stereocenters. The van der Waals surface area contributed by atoms with Crippen LogP contribution in [0.3, 0.4) is 0 Å². The minimum Gasteiger partial charge on any atom is -0.480 e. The number of hydrogen-bond acceptors (Lipinski definition) is 7. The van der Waals surface area contributed by atoms with Gasteiger partial charge in [0.1, 0.15) is 0 Å². The summed E-state index contributed by atoms with van der Waals surface area (Å²) in [6.07, 6.45) is -0.571. The minimum atomic E-state index is -0.571. The predicted octanol–water partition coefficient (Wildman–Crippen LogP) is 5.16. The molecule has 3 rings (SSSR count). The van der Waals surface area contributed by atoms with Gasteiger partial charge >= 0.3 is 0 Å². The quantitative estimate of drug-likeness (QED) is 0.239. The molecule has 1 amide bonds. The fourth-order valence-corrected chi connectivity index (χ4v) is 3.96. The maximum Gasteiger partial charge on any atom is 0.271 e. The number of non-ortho nitro benzene ring substituents is 1. The normalized spacial score (nSPS) is 11.9. The predicted molar refractivity (Wildman–Crippen MR) is 127 cm³/mol. The van der Waals surface area contributed by atoms with Crippen LogP contribution in [-0.4, -0.2) is 31.3 Å². The summed E-state index contributed by atoms with van der Waals surface area (Å²) in [6.45, 7) is 8.19. The molecule has 0 spiro atoms. The number of halogens is 1. The average molecular weight is 488 g/mol. The molecule has 9 nitrogen and oxygen atoms in total. The van der Waals surface area contributed by atoms with Gasteiger partial charge < -0.3 is 14.6 Å². The zero-order chi connectivity index (χ0) is 24.8. The molecule has 0 aliphatic carbocycles. The van der Waals surface area contributed by atoms with Crippen LogP contribution in [0.15, 0.2) is 47.6 Å². The van der Waals surface area contributed by atoms with E-state index in [0.717, 1.165) is 0 Å². The zero-order valence-electron chi connectivity index (χ0n) is 19.3. The van der Waals surface area contributed by atoms with E-state index < -0.39 is 16.8 Å². The molecule has 1 N–H and O–H groups in total. The van der Waals surface area contributed by atoms with Crippen molar-refractivity contribution in [3.63, 3.8) is 0 Å². The standard InChI is InChI=1S/C23H26FN5O4S/c1-14(2)12-28-22(16(4)33-20-8-6-5-7-18(20)24)26-27-23(28)34-13-21(30)25-19-11-17(29(31)32)10-9-15(19)3/h5-11,14,16H,12-13H2,1-4H3,(H,25,30). The van der Waals surface area contributed by atoms with Crippen LogP contribution in [0.2, 0.25) is 0 Å². The summed E-state index contributed by atoms with van der Waals surface area (Å²) in [4.78, 5) is 23.1. The topological polar surface area (TPSA) is 112 Å². The molecule has 0 saturated heterocycles. The van der Waals surface area contributed by atoms with Crippen LogP contribution in [0, 0.1) is 28.8 Å². The molecule has 180 valence electrons. The molecule has 1 aromatic heterocycles. The first-order chi connectivity index (χ1) is 16.2. The number of carbonyl (C=O) groups is 1. The van der Waals surface area contributed by atoms with Gasteiger partial charge in [0.15, 0.2) is 28.7 Å². The van der Waals surface area contributed by atoms with E-state index in [-0.39, 0.29) is 29.0 Å². The number of aryl methyl sites for hydroxylation is 1. The number of thioether (sulfide) groups is 1. The van der Waals surface area contributed by atoms with Crippen molar-refractivity contribution >= 4 is 29.0 Å². The van der Waals surface area contributed by atoms with E-state index in [1.165, 1.54) is 30.0 Å². The van der Waals surface area contributed by atoms with Crippen LogP contribution >= 0.6 is 11.8 Å². The smallest absolute Gasteiger partial charge is 0.271 e. The van der Waals surface area contributed by atoms with Gasteiger partial charge in [-0.1, -0.05) is 43.8 Å². The molecule has 0 aliphatic rings. The lowest BCUT2D eigenvalue weighted by atomic mass is 10.2. The molecule has 3 aromatic rings. The molecule has 2 aromatic carbocycles. The molecular weight excluding hydrogens is 461 g/mol. The van der Waals surface area contributed by atoms with E-state index in [0.29, 0.717) is 28.8 Å². The van der Waals surface area contributed by atoms with Crippen LogP contribution in [-0.2, 0) is 11.3 Å². The number of rotatable bonds is 10. The first kappa shape index (κ1) is 25.2. The Morgan fingerprint density at radius 2 is 1.97 bits per heavy atom. The Hall–Kier alpha value is -3.47. The lowest BCUT2D eigenvalue weighted by Crippen LogP contribution is -2.17. The summed E-state index contributed by atoms with van der Waals surface area (Å²) in [6, 6.07) is 10.5. The number of hydrogen-bond donors (Lipinski definition) is 1. The second-order valence-electron chi connectivity index (χ2n) is 8.13. The Kier molecular flexibility index (Phi) is 8.21. The van der Waals surface area contributed by atoms with Crippen LogP contribution < -0.4 is 10.1 Å². The Morgan fingerprint density at radius 3 is 2.65 bits per heavy atom. The maximum atomic E-state index is 14.0. The number of anilines is 1. The van der Waals surface area contributed by atoms with Crippen molar-refractivity contribution in [2.45, 2.75) is 45.5 Å². The summed E-state index contributed by atoms with van der Waals surface area (Å²) in [5.41, 5.74) is 1.00. The fourth-order valence-electron chi connectivity index (χ4n) is 3.20. The van der Waals surface area contributed by atoms with Gasteiger partial charge in [-0.2, -0.15) is 0 Å². The van der Waals surface area contributed by atoms with Crippen molar-refractivity contribution in [2.75, 3.05) is 11.1 Å². The molecule has 0 bridgehead atoms. The SMILES string of the molecule is Cc1ccc([N+](=O)[O-])cc1NC(=O)CSc1nnc(C(C)Oc2ccccc2F)n1CC(C)C. The molecule has 0 saturated carbocycles. The second kappa shape index (κ2) is 11.1. The Labute approximate surface area is 200 Å². The number of carbonyl (C=O) groups excluding carboxylic acids is 1. The largest absolute Gasteiger partial charge is 0.480 e.